The van der Waals surface area contributed by atoms with Gasteiger partial charge in [-0.25, -0.2) is 8.42 Å². The Labute approximate surface area is 113 Å². The van der Waals surface area contributed by atoms with Crippen molar-refractivity contribution in [1.29, 1.82) is 5.26 Å². The number of benzene rings is 1. The molecule has 1 aliphatic rings. The van der Waals surface area contributed by atoms with Gasteiger partial charge >= 0.3 is 0 Å². The van der Waals surface area contributed by atoms with Gasteiger partial charge in [0.1, 0.15) is 0 Å². The minimum Gasteiger partial charge on any atom is -0.373 e. The first-order valence-corrected chi connectivity index (χ1v) is 8.12. The fraction of sp³-hybridized carbons (Fsp3) is 0.500. The number of hydrogen-bond donors (Lipinski definition) is 0. The van der Waals surface area contributed by atoms with Crippen LogP contribution in [0.25, 0.3) is 0 Å². The largest absolute Gasteiger partial charge is 0.373 e. The van der Waals surface area contributed by atoms with Gasteiger partial charge in [0.25, 0.3) is 0 Å². The maximum absolute atomic E-state index is 12.2. The summed E-state index contributed by atoms with van der Waals surface area (Å²) in [7, 11) is -3.34. The fourth-order valence-electron chi connectivity index (χ4n) is 2.28. The second kappa shape index (κ2) is 5.72. The molecule has 1 aromatic carbocycles. The van der Waals surface area contributed by atoms with E-state index in [2.05, 4.69) is 0 Å². The average Bonchev–Trinajstić information content (AvgIpc) is 2.47. The smallest absolute Gasteiger partial charge is 0.178 e. The highest BCUT2D eigenvalue weighted by atomic mass is 32.2. The lowest BCUT2D eigenvalue weighted by Crippen LogP contribution is -2.16. The van der Waals surface area contributed by atoms with Crippen molar-refractivity contribution < 1.29 is 13.2 Å². The Hall–Kier alpha value is -1.38. The van der Waals surface area contributed by atoms with Crippen molar-refractivity contribution in [1.82, 2.24) is 0 Å². The Morgan fingerprint density at radius 1 is 1.42 bits per heavy atom. The van der Waals surface area contributed by atoms with E-state index in [0.717, 1.165) is 19.3 Å². The van der Waals surface area contributed by atoms with E-state index in [9.17, 15) is 8.42 Å². The second-order valence-corrected chi connectivity index (χ2v) is 6.87. The molecule has 0 bridgehead atoms. The summed E-state index contributed by atoms with van der Waals surface area (Å²) in [5.41, 5.74) is 1.06. The summed E-state index contributed by atoms with van der Waals surface area (Å²) in [5, 5.41) is 8.93. The quantitative estimate of drug-likeness (QED) is 0.853. The zero-order valence-electron chi connectivity index (χ0n) is 10.9. The second-order valence-electron chi connectivity index (χ2n) is 4.62. The van der Waals surface area contributed by atoms with E-state index in [1.165, 1.54) is 6.07 Å². The highest BCUT2D eigenvalue weighted by Crippen LogP contribution is 2.33. The first kappa shape index (κ1) is 14.0. The van der Waals surface area contributed by atoms with Gasteiger partial charge < -0.3 is 4.74 Å². The third-order valence-electron chi connectivity index (χ3n) is 3.38. The Kier molecular flexibility index (Phi) is 4.23. The molecule has 1 aromatic rings. The van der Waals surface area contributed by atoms with Gasteiger partial charge in [0, 0.05) is 6.61 Å². The van der Waals surface area contributed by atoms with Gasteiger partial charge in [0.2, 0.25) is 0 Å². The molecule has 0 radical (unpaired) electrons. The van der Waals surface area contributed by atoms with Gasteiger partial charge in [-0.05, 0) is 37.0 Å². The summed E-state index contributed by atoms with van der Waals surface area (Å²) in [6, 6.07) is 6.83. The molecule has 4 nitrogen and oxygen atoms in total. The molecule has 0 aromatic heterocycles. The van der Waals surface area contributed by atoms with E-state index in [1.807, 2.05) is 6.07 Å². The first-order chi connectivity index (χ1) is 9.08. The average molecular weight is 279 g/mol. The highest BCUT2D eigenvalue weighted by Gasteiger charge is 2.25. The lowest BCUT2D eigenvalue weighted by atomic mass is 10.0. The number of hydrogen-bond acceptors (Lipinski definition) is 4. The predicted molar refractivity (Wildman–Crippen MR) is 71.4 cm³/mol. The molecule has 1 saturated heterocycles. The van der Waals surface area contributed by atoms with E-state index in [1.54, 1.807) is 19.1 Å². The first-order valence-electron chi connectivity index (χ1n) is 6.47. The molecule has 102 valence electrons. The van der Waals surface area contributed by atoms with Gasteiger partial charge in [0.15, 0.2) is 9.84 Å². The zero-order chi connectivity index (χ0) is 13.9. The van der Waals surface area contributed by atoms with Gasteiger partial charge in [-0.3, -0.25) is 0 Å². The monoisotopic (exact) mass is 279 g/mol. The molecule has 1 atom stereocenters. The molecule has 0 N–H and O–H groups in total. The van der Waals surface area contributed by atoms with Crippen molar-refractivity contribution >= 4 is 9.84 Å². The number of nitriles is 1. The summed E-state index contributed by atoms with van der Waals surface area (Å²) >= 11 is 0. The fourth-order valence-corrected chi connectivity index (χ4v) is 3.46. The van der Waals surface area contributed by atoms with Crippen LogP contribution in [0.2, 0.25) is 0 Å². The van der Waals surface area contributed by atoms with E-state index < -0.39 is 9.84 Å². The Morgan fingerprint density at radius 2 is 2.21 bits per heavy atom. The Bertz CT molecular complexity index is 596. The summed E-state index contributed by atoms with van der Waals surface area (Å²) in [6.45, 7) is 2.27. The van der Waals surface area contributed by atoms with Crippen LogP contribution in [0.15, 0.2) is 23.1 Å². The molecule has 0 spiro atoms. The summed E-state index contributed by atoms with van der Waals surface area (Å²) in [6.07, 6.45) is 2.72. The van der Waals surface area contributed by atoms with Crippen LogP contribution in [-0.4, -0.2) is 20.8 Å². The van der Waals surface area contributed by atoms with Crippen LogP contribution in [0.1, 0.15) is 43.4 Å². The Morgan fingerprint density at radius 3 is 2.79 bits per heavy atom. The van der Waals surface area contributed by atoms with E-state index in [-0.39, 0.29) is 16.8 Å². The van der Waals surface area contributed by atoms with Crippen molar-refractivity contribution in [2.45, 2.75) is 37.2 Å². The Balaban J connectivity index is 2.51. The van der Waals surface area contributed by atoms with Crippen molar-refractivity contribution in [2.75, 3.05) is 12.4 Å². The standard InChI is InChI=1S/C14H17NO3S/c1-2-19(16,17)14-9-11(10-15)6-7-12(14)13-5-3-4-8-18-13/h6-7,9,13H,2-5,8H2,1H3. The molecular formula is C14H17NO3S. The number of nitrogens with zero attached hydrogens (tertiary/aromatic N) is 1. The van der Waals surface area contributed by atoms with Gasteiger partial charge in [-0.2, -0.15) is 5.26 Å². The third-order valence-corrected chi connectivity index (χ3v) is 5.17. The van der Waals surface area contributed by atoms with Crippen LogP contribution in [0.3, 0.4) is 0 Å². The van der Waals surface area contributed by atoms with E-state index >= 15 is 0 Å². The normalized spacial score (nSPS) is 19.9. The van der Waals surface area contributed by atoms with E-state index in [4.69, 9.17) is 10.00 Å². The van der Waals surface area contributed by atoms with Gasteiger partial charge in [0.05, 0.1) is 28.4 Å². The van der Waals surface area contributed by atoms with Gasteiger partial charge in [-0.1, -0.05) is 13.0 Å². The molecule has 19 heavy (non-hydrogen) atoms. The lowest BCUT2D eigenvalue weighted by molar-refractivity contribution is 0.0133. The van der Waals surface area contributed by atoms with Crippen molar-refractivity contribution in [3.63, 3.8) is 0 Å². The minimum atomic E-state index is -3.34. The lowest BCUT2D eigenvalue weighted by Gasteiger charge is -2.24. The molecule has 1 heterocycles. The van der Waals surface area contributed by atoms with Crippen molar-refractivity contribution in [3.05, 3.63) is 29.3 Å². The van der Waals surface area contributed by atoms with Crippen molar-refractivity contribution in [3.8, 4) is 6.07 Å². The molecule has 1 fully saturated rings. The van der Waals surface area contributed by atoms with Crippen LogP contribution in [-0.2, 0) is 14.6 Å². The highest BCUT2D eigenvalue weighted by molar-refractivity contribution is 7.91. The summed E-state index contributed by atoms with van der Waals surface area (Å²) in [4.78, 5) is 0.251. The molecule has 1 unspecified atom stereocenters. The minimum absolute atomic E-state index is 0.0294. The van der Waals surface area contributed by atoms with Crippen LogP contribution in [0.4, 0.5) is 0 Å². The van der Waals surface area contributed by atoms with Crippen LogP contribution in [0, 0.1) is 11.3 Å². The van der Waals surface area contributed by atoms with Crippen LogP contribution >= 0.6 is 0 Å². The number of ether oxygens (including phenoxy) is 1. The molecule has 2 rings (SSSR count). The molecule has 0 saturated carbocycles. The van der Waals surface area contributed by atoms with Crippen molar-refractivity contribution in [2.24, 2.45) is 0 Å². The SMILES string of the molecule is CCS(=O)(=O)c1cc(C#N)ccc1C1CCCCO1. The zero-order valence-corrected chi connectivity index (χ0v) is 11.7. The molecule has 0 aliphatic carbocycles. The summed E-state index contributed by atoms with van der Waals surface area (Å²) < 4.78 is 30.0. The van der Waals surface area contributed by atoms with E-state index in [0.29, 0.717) is 17.7 Å². The molecule has 1 aliphatic heterocycles. The topological polar surface area (TPSA) is 67.2 Å². The number of sulfone groups is 1. The number of rotatable bonds is 3. The predicted octanol–water partition coefficient (Wildman–Crippen LogP) is 2.59. The molecule has 5 heteroatoms. The van der Waals surface area contributed by atoms with Crippen LogP contribution < -0.4 is 0 Å². The molecular weight excluding hydrogens is 262 g/mol. The third kappa shape index (κ3) is 2.96. The maximum atomic E-state index is 12.2. The summed E-state index contributed by atoms with van der Waals surface area (Å²) in [5.74, 6) is 0.0294. The maximum Gasteiger partial charge on any atom is 0.178 e. The molecule has 0 amide bonds. The van der Waals surface area contributed by atoms with Gasteiger partial charge in [-0.15, -0.1) is 0 Å². The van der Waals surface area contributed by atoms with Crippen LogP contribution in [0.5, 0.6) is 0 Å².